The third-order valence-electron chi connectivity index (χ3n) is 3.69. The topological polar surface area (TPSA) is 103 Å². The van der Waals surface area contributed by atoms with Gasteiger partial charge in [-0.1, -0.05) is 29.8 Å². The van der Waals surface area contributed by atoms with Gasteiger partial charge in [-0.3, -0.25) is 4.79 Å². The van der Waals surface area contributed by atoms with E-state index in [9.17, 15) is 4.79 Å². The third-order valence-corrected chi connectivity index (χ3v) is 4.65. The summed E-state index contributed by atoms with van der Waals surface area (Å²) in [6, 6.07) is 10.9. The quantitative estimate of drug-likeness (QED) is 0.566. The molecule has 0 spiro atoms. The first-order valence-electron chi connectivity index (χ1n) is 8.04. The fraction of sp³-hybridized carbons (Fsp3) is 0.167. The number of carbonyl (C=O) groups is 1. The highest BCUT2D eigenvalue weighted by Crippen LogP contribution is 2.40. The summed E-state index contributed by atoms with van der Waals surface area (Å²) in [7, 11) is 0. The van der Waals surface area contributed by atoms with Crippen LogP contribution in [0.5, 0.6) is 11.5 Å². The van der Waals surface area contributed by atoms with Crippen molar-refractivity contribution in [3.05, 3.63) is 57.2 Å². The van der Waals surface area contributed by atoms with Crippen LogP contribution < -0.4 is 15.2 Å². The summed E-state index contributed by atoms with van der Waals surface area (Å²) in [5.74, 6) is 0.337. The fourth-order valence-corrected chi connectivity index (χ4v) is 3.22. The van der Waals surface area contributed by atoms with E-state index in [1.54, 1.807) is 18.2 Å². The van der Waals surface area contributed by atoms with Crippen LogP contribution in [0.1, 0.15) is 23.0 Å². The predicted octanol–water partition coefficient (Wildman–Crippen LogP) is 3.96. The van der Waals surface area contributed by atoms with Gasteiger partial charge < -0.3 is 15.2 Å². The summed E-state index contributed by atoms with van der Waals surface area (Å²) < 4.78 is 12.3. The minimum atomic E-state index is -0.674. The fourth-order valence-electron chi connectivity index (χ4n) is 2.48. The standard InChI is InChI=1S/C18H16BrClN4O3/c1-2-26-14-8-11(15-16(18(21)25)23-24-22-15)7-12(19)17(14)27-9-10-5-3-4-6-13(10)20/h3-8H,2,9H2,1H3,(H2,21,25)(H,22,23,24). The molecule has 0 aliphatic carbocycles. The molecule has 140 valence electrons. The molecule has 2 aromatic carbocycles. The molecule has 0 unspecified atom stereocenters. The van der Waals surface area contributed by atoms with E-state index in [4.69, 9.17) is 26.8 Å². The molecule has 7 nitrogen and oxygen atoms in total. The molecule has 0 aliphatic rings. The zero-order valence-electron chi connectivity index (χ0n) is 14.3. The number of amides is 1. The van der Waals surface area contributed by atoms with Crippen LogP contribution in [-0.2, 0) is 6.61 Å². The van der Waals surface area contributed by atoms with Gasteiger partial charge in [0, 0.05) is 16.1 Å². The van der Waals surface area contributed by atoms with Gasteiger partial charge >= 0.3 is 0 Å². The first-order chi connectivity index (χ1) is 13.0. The van der Waals surface area contributed by atoms with Gasteiger partial charge in [0.25, 0.3) is 5.91 Å². The summed E-state index contributed by atoms with van der Waals surface area (Å²) >= 11 is 9.68. The van der Waals surface area contributed by atoms with E-state index < -0.39 is 5.91 Å². The van der Waals surface area contributed by atoms with Crippen LogP contribution in [0.25, 0.3) is 11.3 Å². The average molecular weight is 452 g/mol. The van der Waals surface area contributed by atoms with E-state index >= 15 is 0 Å². The molecule has 0 saturated heterocycles. The number of aromatic nitrogens is 3. The number of hydrogen-bond acceptors (Lipinski definition) is 5. The van der Waals surface area contributed by atoms with E-state index in [1.165, 1.54) is 0 Å². The van der Waals surface area contributed by atoms with Crippen LogP contribution in [0.15, 0.2) is 40.9 Å². The molecule has 0 saturated carbocycles. The van der Waals surface area contributed by atoms with E-state index in [1.807, 2.05) is 25.1 Å². The Morgan fingerprint density at radius 2 is 2.04 bits per heavy atom. The maximum atomic E-state index is 11.5. The van der Waals surface area contributed by atoms with Crippen molar-refractivity contribution in [2.75, 3.05) is 6.61 Å². The van der Waals surface area contributed by atoms with Crippen molar-refractivity contribution < 1.29 is 14.3 Å². The minimum Gasteiger partial charge on any atom is -0.490 e. The summed E-state index contributed by atoms with van der Waals surface area (Å²) in [5.41, 5.74) is 7.19. The Labute approximate surface area is 168 Å². The Kier molecular flexibility index (Phi) is 5.98. The van der Waals surface area contributed by atoms with Crippen LogP contribution in [0.2, 0.25) is 5.02 Å². The molecule has 0 radical (unpaired) electrons. The number of ether oxygens (including phenoxy) is 2. The SMILES string of the molecule is CCOc1cc(-c2n[nH]nc2C(N)=O)cc(Br)c1OCc1ccccc1Cl. The molecule has 1 heterocycles. The summed E-state index contributed by atoms with van der Waals surface area (Å²) in [4.78, 5) is 11.5. The minimum absolute atomic E-state index is 0.0501. The molecule has 0 aliphatic heterocycles. The lowest BCUT2D eigenvalue weighted by molar-refractivity contribution is 0.0996. The van der Waals surface area contributed by atoms with Crippen molar-refractivity contribution in [1.29, 1.82) is 0 Å². The number of hydrogen-bond donors (Lipinski definition) is 2. The Balaban J connectivity index is 1.96. The molecule has 1 amide bonds. The number of rotatable bonds is 7. The molecule has 0 fully saturated rings. The summed E-state index contributed by atoms with van der Waals surface area (Å²) in [6.45, 7) is 2.57. The van der Waals surface area contributed by atoms with Crippen molar-refractivity contribution in [3.8, 4) is 22.8 Å². The lowest BCUT2D eigenvalue weighted by Gasteiger charge is -2.15. The first kappa shape index (κ1) is 19.2. The lowest BCUT2D eigenvalue weighted by atomic mass is 10.1. The van der Waals surface area contributed by atoms with Gasteiger partial charge in [-0.15, -0.1) is 0 Å². The van der Waals surface area contributed by atoms with Crippen LogP contribution in [0.3, 0.4) is 0 Å². The molecular formula is C18H16BrClN4O3. The molecular weight excluding hydrogens is 436 g/mol. The Bertz CT molecular complexity index is 977. The predicted molar refractivity (Wildman–Crippen MR) is 105 cm³/mol. The highest BCUT2D eigenvalue weighted by Gasteiger charge is 2.20. The molecule has 0 bridgehead atoms. The summed E-state index contributed by atoms with van der Waals surface area (Å²) in [5, 5.41) is 10.8. The zero-order chi connectivity index (χ0) is 19.4. The number of nitrogens with one attached hydrogen (secondary N) is 1. The molecule has 1 aromatic heterocycles. The molecule has 3 aromatic rings. The molecule has 9 heteroatoms. The van der Waals surface area contributed by atoms with Crippen molar-refractivity contribution >= 4 is 33.4 Å². The second kappa shape index (κ2) is 8.41. The van der Waals surface area contributed by atoms with Gasteiger partial charge in [0.15, 0.2) is 17.2 Å². The van der Waals surface area contributed by atoms with Gasteiger partial charge in [-0.25, -0.2) is 0 Å². The average Bonchev–Trinajstić information content (AvgIpc) is 3.12. The number of aromatic amines is 1. The number of primary amides is 1. The zero-order valence-corrected chi connectivity index (χ0v) is 16.7. The molecule has 3 rings (SSSR count). The normalized spacial score (nSPS) is 10.6. The second-order valence-corrected chi connectivity index (χ2v) is 6.75. The van der Waals surface area contributed by atoms with Gasteiger partial charge in [0.1, 0.15) is 12.3 Å². The van der Waals surface area contributed by atoms with Crippen molar-refractivity contribution in [1.82, 2.24) is 15.4 Å². The van der Waals surface area contributed by atoms with E-state index in [-0.39, 0.29) is 12.3 Å². The number of nitrogens with zero attached hydrogens (tertiary/aromatic N) is 2. The maximum absolute atomic E-state index is 11.5. The van der Waals surface area contributed by atoms with Crippen LogP contribution in [0.4, 0.5) is 0 Å². The first-order valence-corrected chi connectivity index (χ1v) is 9.21. The van der Waals surface area contributed by atoms with E-state index in [0.717, 1.165) is 5.56 Å². The Morgan fingerprint density at radius 1 is 1.26 bits per heavy atom. The molecule has 0 atom stereocenters. The van der Waals surface area contributed by atoms with Crippen LogP contribution in [-0.4, -0.2) is 27.9 Å². The number of H-pyrrole nitrogens is 1. The van der Waals surface area contributed by atoms with Gasteiger partial charge in [-0.2, -0.15) is 15.4 Å². The lowest BCUT2D eigenvalue weighted by Crippen LogP contribution is -2.12. The largest absolute Gasteiger partial charge is 0.490 e. The molecule has 3 N–H and O–H groups in total. The van der Waals surface area contributed by atoms with Crippen LogP contribution in [0, 0.1) is 0 Å². The number of carbonyl (C=O) groups excluding carboxylic acids is 1. The van der Waals surface area contributed by atoms with Gasteiger partial charge in [0.2, 0.25) is 0 Å². The van der Waals surface area contributed by atoms with Crippen molar-refractivity contribution in [3.63, 3.8) is 0 Å². The van der Waals surface area contributed by atoms with E-state index in [2.05, 4.69) is 31.3 Å². The van der Waals surface area contributed by atoms with Gasteiger partial charge in [-0.05, 0) is 41.1 Å². The number of halogens is 2. The number of benzene rings is 2. The smallest absolute Gasteiger partial charge is 0.271 e. The van der Waals surface area contributed by atoms with Crippen molar-refractivity contribution in [2.24, 2.45) is 5.73 Å². The van der Waals surface area contributed by atoms with Gasteiger partial charge in [0.05, 0.1) is 11.1 Å². The molecule has 27 heavy (non-hydrogen) atoms. The maximum Gasteiger partial charge on any atom is 0.271 e. The number of nitrogens with two attached hydrogens (primary N) is 1. The second-order valence-electron chi connectivity index (χ2n) is 5.48. The van der Waals surface area contributed by atoms with Crippen molar-refractivity contribution in [2.45, 2.75) is 13.5 Å². The highest BCUT2D eigenvalue weighted by atomic mass is 79.9. The third kappa shape index (κ3) is 4.23. The monoisotopic (exact) mass is 450 g/mol. The van der Waals surface area contributed by atoms with E-state index in [0.29, 0.717) is 38.9 Å². The van der Waals surface area contributed by atoms with Crippen LogP contribution >= 0.6 is 27.5 Å². The highest BCUT2D eigenvalue weighted by molar-refractivity contribution is 9.10. The summed E-state index contributed by atoms with van der Waals surface area (Å²) in [6.07, 6.45) is 0. The Hall–Kier alpha value is -2.58. The Morgan fingerprint density at radius 3 is 2.74 bits per heavy atom.